The zero-order valence-electron chi connectivity index (χ0n) is 13.8. The van der Waals surface area contributed by atoms with Crippen LogP contribution in [-0.4, -0.2) is 22.8 Å². The Hall–Kier alpha value is -1.56. The van der Waals surface area contributed by atoms with Gasteiger partial charge in [-0.25, -0.2) is 0 Å². The number of rotatable bonds is 3. The number of benzene rings is 1. The van der Waals surface area contributed by atoms with Crippen LogP contribution < -0.4 is 5.32 Å². The Bertz CT molecular complexity index is 646. The number of hydrogen-bond donors (Lipinski definition) is 2. The molecule has 1 aromatic rings. The average molecular weight is 353 g/mol. The molecule has 4 bridgehead atoms. The quantitative estimate of drug-likeness (QED) is 0.872. The molecule has 1 aromatic carbocycles. The van der Waals surface area contributed by atoms with Crippen molar-refractivity contribution in [2.45, 2.75) is 49.9 Å². The van der Waals surface area contributed by atoms with Crippen molar-refractivity contribution in [2.75, 3.05) is 0 Å². The van der Waals surface area contributed by atoms with Crippen molar-refractivity contribution in [1.29, 1.82) is 0 Å². The fraction of sp³-hybridized carbons (Fsp3) is 0.632. The third kappa shape index (κ3) is 2.94. The van der Waals surface area contributed by atoms with E-state index in [2.05, 4.69) is 5.32 Å². The molecule has 2 N–H and O–H groups in total. The average Bonchev–Trinajstić information content (AvgIpc) is 2.51. The van der Waals surface area contributed by atoms with Gasteiger partial charge in [0.1, 0.15) is 0 Å². The Labute approximate surface area is 144 Å². The molecule has 136 valence electrons. The number of nitrogens with one attached hydrogen (secondary N) is 1. The lowest BCUT2D eigenvalue weighted by Gasteiger charge is -2.60. The molecule has 0 aromatic heterocycles. The molecule has 0 heterocycles. The fourth-order valence-electron chi connectivity index (χ4n) is 5.88. The summed E-state index contributed by atoms with van der Waals surface area (Å²) in [7, 11) is 0. The first-order valence-corrected chi connectivity index (χ1v) is 8.91. The highest BCUT2D eigenvalue weighted by atomic mass is 19.4. The van der Waals surface area contributed by atoms with Crippen molar-refractivity contribution in [3.05, 3.63) is 35.9 Å². The molecule has 4 fully saturated rings. The van der Waals surface area contributed by atoms with E-state index in [0.29, 0.717) is 30.2 Å². The van der Waals surface area contributed by atoms with Crippen LogP contribution in [0.2, 0.25) is 0 Å². The van der Waals surface area contributed by atoms with Gasteiger partial charge in [-0.2, -0.15) is 13.2 Å². The van der Waals surface area contributed by atoms with E-state index in [1.807, 2.05) is 0 Å². The summed E-state index contributed by atoms with van der Waals surface area (Å²) in [6.45, 7) is 0. The topological polar surface area (TPSA) is 49.3 Å². The number of carbonyl (C=O) groups is 1. The molecule has 6 atom stereocenters. The summed E-state index contributed by atoms with van der Waals surface area (Å²) in [5, 5.41) is 13.5. The number of hydrogen-bond acceptors (Lipinski definition) is 2. The van der Waals surface area contributed by atoms with Gasteiger partial charge in [-0.15, -0.1) is 0 Å². The molecule has 0 saturated heterocycles. The summed E-state index contributed by atoms with van der Waals surface area (Å²) in [5.41, 5.74) is -0.347. The maximum atomic E-state index is 12.9. The second kappa shape index (κ2) is 5.73. The molecule has 5 rings (SSSR count). The lowest BCUT2D eigenvalue weighted by atomic mass is 9.48. The van der Waals surface area contributed by atoms with Gasteiger partial charge in [0.25, 0.3) is 0 Å². The zero-order valence-corrected chi connectivity index (χ0v) is 13.8. The molecule has 4 aliphatic carbocycles. The molecule has 0 aliphatic heterocycles. The van der Waals surface area contributed by atoms with Crippen LogP contribution in [0, 0.1) is 23.7 Å². The first kappa shape index (κ1) is 16.9. The van der Waals surface area contributed by atoms with Gasteiger partial charge in [0, 0.05) is 5.92 Å². The van der Waals surface area contributed by atoms with Crippen molar-refractivity contribution in [3.8, 4) is 0 Å². The Kier molecular flexibility index (Phi) is 3.87. The SMILES string of the molecule is O=C(N[C@@H](c1ccccc1)[C@H]1C2C[C@@H]3C[C@H](C2)CC1(O)C3)C(F)(F)F. The van der Waals surface area contributed by atoms with Crippen molar-refractivity contribution in [1.82, 2.24) is 5.32 Å². The van der Waals surface area contributed by atoms with E-state index in [1.165, 1.54) is 0 Å². The summed E-state index contributed by atoms with van der Waals surface area (Å²) >= 11 is 0. The third-order valence-corrected chi connectivity index (χ3v) is 6.41. The minimum absolute atomic E-state index is 0.162. The van der Waals surface area contributed by atoms with Gasteiger partial charge in [0.2, 0.25) is 0 Å². The molecule has 25 heavy (non-hydrogen) atoms. The summed E-state index contributed by atoms with van der Waals surface area (Å²) in [6.07, 6.45) is -0.660. The Balaban J connectivity index is 1.69. The van der Waals surface area contributed by atoms with Crippen LogP contribution in [0.4, 0.5) is 13.2 Å². The standard InChI is InChI=1S/C19H22F3NO2/c20-19(21,22)17(24)23-16(13-4-2-1-3-5-13)15-14-7-11-6-12(8-14)10-18(15,25)9-11/h1-5,11-12,14-16,25H,6-10H2,(H,23,24)/t11-,12+,14?,15-,16+,18?/m1/s1. The number of amides is 1. The van der Waals surface area contributed by atoms with E-state index in [4.69, 9.17) is 0 Å². The molecule has 0 radical (unpaired) electrons. The summed E-state index contributed by atoms with van der Waals surface area (Å²) in [6, 6.07) is 7.94. The Morgan fingerprint density at radius 1 is 1.12 bits per heavy atom. The molecular weight excluding hydrogens is 331 g/mol. The van der Waals surface area contributed by atoms with E-state index < -0.39 is 23.7 Å². The Morgan fingerprint density at radius 3 is 2.24 bits per heavy atom. The molecule has 1 amide bonds. The first-order valence-electron chi connectivity index (χ1n) is 8.91. The zero-order chi connectivity index (χ0) is 17.8. The van der Waals surface area contributed by atoms with E-state index >= 15 is 0 Å². The minimum atomic E-state index is -4.93. The molecule has 0 spiro atoms. The monoisotopic (exact) mass is 353 g/mol. The lowest BCUT2D eigenvalue weighted by molar-refractivity contribution is -0.190. The van der Waals surface area contributed by atoms with E-state index in [0.717, 1.165) is 19.3 Å². The summed E-state index contributed by atoms with van der Waals surface area (Å²) in [4.78, 5) is 11.7. The maximum absolute atomic E-state index is 12.9. The van der Waals surface area contributed by atoms with Gasteiger partial charge in [-0.05, 0) is 55.4 Å². The third-order valence-electron chi connectivity index (χ3n) is 6.41. The highest BCUT2D eigenvalue weighted by Crippen LogP contribution is 2.61. The normalized spacial score (nSPS) is 37.8. The van der Waals surface area contributed by atoms with Gasteiger partial charge in [0.05, 0.1) is 11.6 Å². The lowest BCUT2D eigenvalue weighted by Crippen LogP contribution is -2.61. The smallest absolute Gasteiger partial charge is 0.389 e. The van der Waals surface area contributed by atoms with Crippen LogP contribution in [0.1, 0.15) is 43.7 Å². The van der Waals surface area contributed by atoms with Crippen LogP contribution >= 0.6 is 0 Å². The van der Waals surface area contributed by atoms with E-state index in [9.17, 15) is 23.1 Å². The van der Waals surface area contributed by atoms with Crippen LogP contribution in [0.3, 0.4) is 0 Å². The Morgan fingerprint density at radius 2 is 1.72 bits per heavy atom. The van der Waals surface area contributed by atoms with Gasteiger partial charge < -0.3 is 10.4 Å². The molecule has 4 aliphatic rings. The van der Waals surface area contributed by atoms with Crippen LogP contribution in [-0.2, 0) is 4.79 Å². The number of aliphatic hydroxyl groups is 1. The molecule has 2 unspecified atom stereocenters. The first-order chi connectivity index (χ1) is 11.8. The largest absolute Gasteiger partial charge is 0.471 e. The molecular formula is C19H22F3NO2. The van der Waals surface area contributed by atoms with Crippen LogP contribution in [0.5, 0.6) is 0 Å². The van der Waals surface area contributed by atoms with Gasteiger partial charge in [-0.1, -0.05) is 30.3 Å². The van der Waals surface area contributed by atoms with Crippen LogP contribution in [0.15, 0.2) is 30.3 Å². The maximum Gasteiger partial charge on any atom is 0.471 e. The highest BCUT2D eigenvalue weighted by molar-refractivity contribution is 5.82. The van der Waals surface area contributed by atoms with Gasteiger partial charge >= 0.3 is 12.1 Å². The number of alkyl halides is 3. The molecule has 4 saturated carbocycles. The molecule has 6 heteroatoms. The molecule has 3 nitrogen and oxygen atoms in total. The second-order valence-electron chi connectivity index (χ2n) is 8.10. The van der Waals surface area contributed by atoms with E-state index in [-0.39, 0.29) is 11.8 Å². The van der Waals surface area contributed by atoms with Crippen molar-refractivity contribution < 1.29 is 23.1 Å². The fourth-order valence-corrected chi connectivity index (χ4v) is 5.88. The second-order valence-corrected chi connectivity index (χ2v) is 8.10. The summed E-state index contributed by atoms with van der Waals surface area (Å²) < 4.78 is 38.6. The number of carbonyl (C=O) groups excluding carboxylic acids is 1. The van der Waals surface area contributed by atoms with Crippen molar-refractivity contribution in [2.24, 2.45) is 23.7 Å². The van der Waals surface area contributed by atoms with Gasteiger partial charge in [-0.3, -0.25) is 4.79 Å². The minimum Gasteiger partial charge on any atom is -0.389 e. The summed E-state index contributed by atoms with van der Waals surface area (Å²) in [5.74, 6) is -1.20. The predicted molar refractivity (Wildman–Crippen MR) is 85.4 cm³/mol. The number of halogens is 3. The van der Waals surface area contributed by atoms with Crippen molar-refractivity contribution in [3.63, 3.8) is 0 Å². The van der Waals surface area contributed by atoms with E-state index in [1.54, 1.807) is 30.3 Å². The highest BCUT2D eigenvalue weighted by Gasteiger charge is 2.59. The van der Waals surface area contributed by atoms with Gasteiger partial charge in [0.15, 0.2) is 0 Å². The predicted octanol–water partition coefficient (Wildman–Crippen LogP) is 3.59. The van der Waals surface area contributed by atoms with Crippen LogP contribution in [0.25, 0.3) is 0 Å². The van der Waals surface area contributed by atoms with Crippen molar-refractivity contribution >= 4 is 5.91 Å².